The fraction of sp³-hybridized carbons (Fsp3) is 0.500. The molecule has 1 heterocycles. The van der Waals surface area contributed by atoms with Crippen molar-refractivity contribution in [3.63, 3.8) is 0 Å². The van der Waals surface area contributed by atoms with Crippen molar-refractivity contribution in [1.82, 2.24) is 15.1 Å². The summed E-state index contributed by atoms with van der Waals surface area (Å²) in [5.41, 5.74) is 7.19. The van der Waals surface area contributed by atoms with Crippen LogP contribution in [0.15, 0.2) is 18.2 Å². The third kappa shape index (κ3) is 4.12. The summed E-state index contributed by atoms with van der Waals surface area (Å²) in [4.78, 5) is 2.15. The minimum absolute atomic E-state index is 0.115. The predicted octanol–water partition coefficient (Wildman–Crippen LogP) is 2.16. The summed E-state index contributed by atoms with van der Waals surface area (Å²) >= 11 is 0. The summed E-state index contributed by atoms with van der Waals surface area (Å²) in [5.74, 6) is 0. The number of aliphatic hydroxyl groups excluding tert-OH is 1. The van der Waals surface area contributed by atoms with Gasteiger partial charge in [0.1, 0.15) is 0 Å². The minimum atomic E-state index is 0.115. The Kier molecular flexibility index (Phi) is 5.80. The van der Waals surface area contributed by atoms with Crippen LogP contribution < -0.4 is 10.2 Å². The molecule has 1 aromatic carbocycles. The smallest absolute Gasteiger partial charge is 0.0644 e. The largest absolute Gasteiger partial charge is 0.394 e. The Balaban J connectivity index is 2.06. The molecule has 0 aliphatic carbocycles. The lowest BCUT2D eigenvalue weighted by Crippen LogP contribution is -2.18. The highest BCUT2D eigenvalue weighted by molar-refractivity contribution is 5.54. The Labute approximate surface area is 138 Å². The van der Waals surface area contributed by atoms with Crippen molar-refractivity contribution in [2.45, 2.75) is 40.4 Å². The van der Waals surface area contributed by atoms with Crippen LogP contribution in [0.1, 0.15) is 28.1 Å². The summed E-state index contributed by atoms with van der Waals surface area (Å²) in [6, 6.07) is 6.55. The van der Waals surface area contributed by atoms with Crippen LogP contribution in [0.2, 0.25) is 0 Å². The van der Waals surface area contributed by atoms with Crippen LogP contribution in [0.3, 0.4) is 0 Å². The van der Waals surface area contributed by atoms with Crippen molar-refractivity contribution in [2.75, 3.05) is 25.6 Å². The van der Waals surface area contributed by atoms with E-state index >= 15 is 0 Å². The Morgan fingerprint density at radius 3 is 2.57 bits per heavy atom. The van der Waals surface area contributed by atoms with Crippen molar-refractivity contribution >= 4 is 5.69 Å². The first-order chi connectivity index (χ1) is 10.9. The SMILES string of the molecule is Cc1ccc(CNCc2c(C)nn(CCO)c2C)c(N(C)C)c1. The number of aromatic nitrogens is 2. The third-order valence-electron chi connectivity index (χ3n) is 4.18. The zero-order chi connectivity index (χ0) is 17.0. The lowest BCUT2D eigenvalue weighted by molar-refractivity contribution is 0.267. The van der Waals surface area contributed by atoms with Crippen molar-refractivity contribution in [3.05, 3.63) is 46.3 Å². The standard InChI is InChI=1S/C18H28N4O/c1-13-6-7-16(18(10-13)21(4)5)11-19-12-17-14(2)20-22(8-9-23)15(17)3/h6-7,10,19,23H,8-9,11-12H2,1-5H3. The zero-order valence-corrected chi connectivity index (χ0v) is 14.8. The van der Waals surface area contributed by atoms with Crippen LogP contribution in [0.25, 0.3) is 0 Å². The molecule has 2 rings (SSSR count). The molecule has 0 bridgehead atoms. The number of aliphatic hydroxyl groups is 1. The maximum atomic E-state index is 9.09. The van der Waals surface area contributed by atoms with Crippen molar-refractivity contribution in [1.29, 1.82) is 0 Å². The van der Waals surface area contributed by atoms with Gasteiger partial charge < -0.3 is 15.3 Å². The van der Waals surface area contributed by atoms with E-state index < -0.39 is 0 Å². The second-order valence-corrected chi connectivity index (χ2v) is 6.23. The number of hydrogen-bond donors (Lipinski definition) is 2. The summed E-state index contributed by atoms with van der Waals surface area (Å²) in [6.07, 6.45) is 0. The van der Waals surface area contributed by atoms with Gasteiger partial charge in [-0.2, -0.15) is 5.10 Å². The van der Waals surface area contributed by atoms with Crippen LogP contribution in [-0.2, 0) is 19.6 Å². The molecule has 23 heavy (non-hydrogen) atoms. The molecule has 0 aliphatic rings. The first kappa shape index (κ1) is 17.5. The Hall–Kier alpha value is -1.85. The van der Waals surface area contributed by atoms with Gasteiger partial charge in [-0.05, 0) is 38.0 Å². The fourth-order valence-electron chi connectivity index (χ4n) is 2.86. The first-order valence-electron chi connectivity index (χ1n) is 8.05. The van der Waals surface area contributed by atoms with Gasteiger partial charge in [0.05, 0.1) is 18.8 Å². The van der Waals surface area contributed by atoms with Crippen LogP contribution in [-0.4, -0.2) is 35.6 Å². The van der Waals surface area contributed by atoms with E-state index in [1.807, 2.05) is 11.6 Å². The Morgan fingerprint density at radius 1 is 1.17 bits per heavy atom. The van der Waals surface area contributed by atoms with E-state index in [2.05, 4.69) is 61.5 Å². The average Bonchev–Trinajstić information content (AvgIpc) is 2.76. The second-order valence-electron chi connectivity index (χ2n) is 6.23. The molecule has 0 spiro atoms. The van der Waals surface area contributed by atoms with Crippen LogP contribution in [0.5, 0.6) is 0 Å². The van der Waals surface area contributed by atoms with Gasteiger partial charge in [0.2, 0.25) is 0 Å². The molecule has 0 radical (unpaired) electrons. The normalized spacial score (nSPS) is 11.0. The summed E-state index contributed by atoms with van der Waals surface area (Å²) < 4.78 is 1.88. The molecule has 0 aliphatic heterocycles. The number of aryl methyl sites for hydroxylation is 2. The van der Waals surface area contributed by atoms with Gasteiger partial charge in [0.25, 0.3) is 0 Å². The number of rotatable bonds is 7. The minimum Gasteiger partial charge on any atom is -0.394 e. The van der Waals surface area contributed by atoms with Crippen molar-refractivity contribution < 1.29 is 5.11 Å². The van der Waals surface area contributed by atoms with Crippen LogP contribution >= 0.6 is 0 Å². The monoisotopic (exact) mass is 316 g/mol. The van der Waals surface area contributed by atoms with E-state index in [1.54, 1.807) is 0 Å². The molecule has 0 fully saturated rings. The quantitative estimate of drug-likeness (QED) is 0.822. The van der Waals surface area contributed by atoms with Gasteiger partial charge in [-0.1, -0.05) is 12.1 Å². The van der Waals surface area contributed by atoms with E-state index in [1.165, 1.54) is 22.4 Å². The van der Waals surface area contributed by atoms with Crippen LogP contribution in [0.4, 0.5) is 5.69 Å². The average molecular weight is 316 g/mol. The van der Waals surface area contributed by atoms with E-state index in [9.17, 15) is 0 Å². The van der Waals surface area contributed by atoms with Crippen LogP contribution in [0, 0.1) is 20.8 Å². The molecule has 5 heteroatoms. The molecule has 0 atom stereocenters. The third-order valence-corrected chi connectivity index (χ3v) is 4.18. The number of anilines is 1. The molecular formula is C18H28N4O. The topological polar surface area (TPSA) is 53.3 Å². The molecule has 2 aromatic rings. The van der Waals surface area contributed by atoms with E-state index in [0.717, 1.165) is 24.5 Å². The highest BCUT2D eigenvalue weighted by Gasteiger charge is 2.11. The lowest BCUT2D eigenvalue weighted by Gasteiger charge is -2.18. The molecule has 0 unspecified atom stereocenters. The number of hydrogen-bond acceptors (Lipinski definition) is 4. The highest BCUT2D eigenvalue weighted by atomic mass is 16.3. The predicted molar refractivity (Wildman–Crippen MR) is 94.8 cm³/mol. The van der Waals surface area contributed by atoms with E-state index in [4.69, 9.17) is 5.11 Å². The van der Waals surface area contributed by atoms with E-state index in [-0.39, 0.29) is 6.61 Å². The number of nitrogens with one attached hydrogen (secondary N) is 1. The molecule has 0 saturated heterocycles. The van der Waals surface area contributed by atoms with E-state index in [0.29, 0.717) is 6.54 Å². The van der Waals surface area contributed by atoms with Crippen molar-refractivity contribution in [3.8, 4) is 0 Å². The molecule has 0 amide bonds. The molecule has 5 nitrogen and oxygen atoms in total. The molecule has 126 valence electrons. The summed E-state index contributed by atoms with van der Waals surface area (Å²) in [6.45, 7) is 8.47. The molecule has 1 aromatic heterocycles. The highest BCUT2D eigenvalue weighted by Crippen LogP contribution is 2.20. The fourth-order valence-corrected chi connectivity index (χ4v) is 2.86. The first-order valence-corrected chi connectivity index (χ1v) is 8.05. The van der Waals surface area contributed by atoms with Gasteiger partial charge in [0, 0.05) is 44.1 Å². The van der Waals surface area contributed by atoms with Gasteiger partial charge in [-0.25, -0.2) is 0 Å². The second kappa shape index (κ2) is 7.62. The molecular weight excluding hydrogens is 288 g/mol. The lowest BCUT2D eigenvalue weighted by atomic mass is 10.1. The summed E-state index contributed by atoms with van der Waals surface area (Å²) in [7, 11) is 4.15. The van der Waals surface area contributed by atoms with Gasteiger partial charge in [0.15, 0.2) is 0 Å². The summed E-state index contributed by atoms with van der Waals surface area (Å²) in [5, 5.41) is 17.1. The zero-order valence-electron chi connectivity index (χ0n) is 14.8. The van der Waals surface area contributed by atoms with Gasteiger partial charge >= 0.3 is 0 Å². The van der Waals surface area contributed by atoms with Gasteiger partial charge in [-0.15, -0.1) is 0 Å². The molecule has 0 saturated carbocycles. The Bertz CT molecular complexity index is 661. The molecule has 2 N–H and O–H groups in total. The number of benzene rings is 1. The number of nitrogens with zero attached hydrogens (tertiary/aromatic N) is 3. The maximum Gasteiger partial charge on any atom is 0.0644 e. The Morgan fingerprint density at radius 2 is 1.91 bits per heavy atom. The van der Waals surface area contributed by atoms with Crippen molar-refractivity contribution in [2.24, 2.45) is 0 Å². The van der Waals surface area contributed by atoms with Gasteiger partial charge in [-0.3, -0.25) is 4.68 Å². The maximum absolute atomic E-state index is 9.09.